The Hall–Kier alpha value is -1.48. The molecule has 21 heavy (non-hydrogen) atoms. The van der Waals surface area contributed by atoms with Crippen LogP contribution in [0.25, 0.3) is 0 Å². The van der Waals surface area contributed by atoms with Crippen LogP contribution in [-0.4, -0.2) is 6.10 Å². The molecule has 0 bridgehead atoms. The van der Waals surface area contributed by atoms with E-state index in [2.05, 4.69) is 63.7 Å². The molecule has 3 rings (SSSR count). The predicted octanol–water partition coefficient (Wildman–Crippen LogP) is 5.38. The molecule has 0 aromatic heterocycles. The van der Waals surface area contributed by atoms with Crippen LogP contribution in [0, 0.1) is 0 Å². The van der Waals surface area contributed by atoms with E-state index >= 15 is 0 Å². The molecule has 2 nitrogen and oxygen atoms in total. The van der Waals surface area contributed by atoms with Gasteiger partial charge in [0.2, 0.25) is 0 Å². The van der Waals surface area contributed by atoms with E-state index in [1.807, 2.05) is 6.07 Å². The van der Waals surface area contributed by atoms with Gasteiger partial charge in [0.15, 0.2) is 0 Å². The van der Waals surface area contributed by atoms with Crippen molar-refractivity contribution in [2.75, 3.05) is 5.32 Å². The smallest absolute Gasteiger partial charge is 0.119 e. The molecular weight excluding hydrogens is 326 g/mol. The lowest BCUT2D eigenvalue weighted by molar-refractivity contribution is 0.210. The molecule has 0 spiro atoms. The average Bonchev–Trinajstić information content (AvgIpc) is 3.00. The van der Waals surface area contributed by atoms with Crippen LogP contribution in [0.5, 0.6) is 5.75 Å². The summed E-state index contributed by atoms with van der Waals surface area (Å²) in [6.07, 6.45) is 5.42. The lowest BCUT2D eigenvalue weighted by Gasteiger charge is -2.13. The molecule has 0 radical (unpaired) electrons. The summed E-state index contributed by atoms with van der Waals surface area (Å²) in [4.78, 5) is 0. The van der Waals surface area contributed by atoms with E-state index in [1.165, 1.54) is 31.2 Å². The van der Waals surface area contributed by atoms with Crippen molar-refractivity contribution >= 4 is 21.6 Å². The lowest BCUT2D eigenvalue weighted by atomic mass is 10.2. The van der Waals surface area contributed by atoms with Gasteiger partial charge in [-0.3, -0.25) is 0 Å². The van der Waals surface area contributed by atoms with Gasteiger partial charge in [0.05, 0.1) is 6.10 Å². The van der Waals surface area contributed by atoms with Gasteiger partial charge in [-0.05, 0) is 67.6 Å². The third-order valence-corrected chi connectivity index (χ3v) is 4.34. The molecule has 2 aromatic rings. The highest BCUT2D eigenvalue weighted by Gasteiger charge is 2.16. The average molecular weight is 346 g/mol. The summed E-state index contributed by atoms with van der Waals surface area (Å²) < 4.78 is 7.09. The fourth-order valence-corrected chi connectivity index (χ4v) is 3.15. The van der Waals surface area contributed by atoms with Crippen molar-refractivity contribution in [2.45, 2.75) is 38.3 Å². The normalized spacial score (nSPS) is 15.1. The third kappa shape index (κ3) is 4.24. The molecule has 0 saturated heterocycles. The Kier molecular flexibility index (Phi) is 4.81. The quantitative estimate of drug-likeness (QED) is 0.784. The second kappa shape index (κ2) is 6.99. The van der Waals surface area contributed by atoms with E-state index < -0.39 is 0 Å². The maximum Gasteiger partial charge on any atom is 0.119 e. The molecule has 1 aliphatic carbocycles. The zero-order chi connectivity index (χ0) is 14.5. The summed E-state index contributed by atoms with van der Waals surface area (Å²) in [5, 5.41) is 3.43. The van der Waals surface area contributed by atoms with Crippen molar-refractivity contribution < 1.29 is 4.74 Å². The minimum Gasteiger partial charge on any atom is -0.490 e. The highest BCUT2D eigenvalue weighted by Crippen LogP contribution is 2.25. The van der Waals surface area contributed by atoms with Gasteiger partial charge in [0.1, 0.15) is 5.75 Å². The molecule has 0 atom stereocenters. The van der Waals surface area contributed by atoms with Gasteiger partial charge in [-0.15, -0.1) is 0 Å². The number of ether oxygens (including phenoxy) is 1. The highest BCUT2D eigenvalue weighted by atomic mass is 79.9. The Labute approximate surface area is 134 Å². The van der Waals surface area contributed by atoms with Crippen molar-refractivity contribution in [3.05, 3.63) is 58.6 Å². The van der Waals surface area contributed by atoms with Crippen molar-refractivity contribution in [1.82, 2.24) is 0 Å². The number of anilines is 1. The predicted molar refractivity (Wildman–Crippen MR) is 90.8 cm³/mol. The van der Waals surface area contributed by atoms with Gasteiger partial charge >= 0.3 is 0 Å². The number of hydrogen-bond acceptors (Lipinski definition) is 2. The first-order chi connectivity index (χ1) is 10.3. The van der Waals surface area contributed by atoms with E-state index in [1.54, 1.807) is 0 Å². The number of rotatable bonds is 5. The fraction of sp³-hybridized carbons (Fsp3) is 0.333. The Morgan fingerprint density at radius 3 is 2.52 bits per heavy atom. The molecule has 1 N–H and O–H groups in total. The fourth-order valence-electron chi connectivity index (χ4n) is 2.70. The largest absolute Gasteiger partial charge is 0.490 e. The Bertz CT molecular complexity index is 576. The van der Waals surface area contributed by atoms with Crippen molar-refractivity contribution in [2.24, 2.45) is 0 Å². The second-order valence-corrected chi connectivity index (χ2v) is 6.45. The Balaban J connectivity index is 1.54. The monoisotopic (exact) mass is 345 g/mol. The maximum atomic E-state index is 5.97. The molecule has 1 aliphatic rings. The first-order valence-corrected chi connectivity index (χ1v) is 8.34. The van der Waals surface area contributed by atoms with Crippen LogP contribution in [0.4, 0.5) is 5.69 Å². The molecule has 0 unspecified atom stereocenters. The van der Waals surface area contributed by atoms with Crippen LogP contribution in [0.2, 0.25) is 0 Å². The van der Waals surface area contributed by atoms with Crippen molar-refractivity contribution in [3.8, 4) is 5.75 Å². The Morgan fingerprint density at radius 1 is 1.05 bits per heavy atom. The molecule has 0 heterocycles. The van der Waals surface area contributed by atoms with E-state index in [4.69, 9.17) is 4.74 Å². The summed E-state index contributed by atoms with van der Waals surface area (Å²) in [5.41, 5.74) is 2.38. The van der Waals surface area contributed by atoms with Gasteiger partial charge in [-0.2, -0.15) is 0 Å². The first-order valence-electron chi connectivity index (χ1n) is 7.55. The van der Waals surface area contributed by atoms with Crippen molar-refractivity contribution in [3.63, 3.8) is 0 Å². The summed E-state index contributed by atoms with van der Waals surface area (Å²) in [6, 6.07) is 16.6. The molecule has 0 aliphatic heterocycles. The number of nitrogens with one attached hydrogen (secondary N) is 1. The summed E-state index contributed by atoms with van der Waals surface area (Å²) in [7, 11) is 0. The molecule has 0 amide bonds. The maximum absolute atomic E-state index is 5.97. The summed E-state index contributed by atoms with van der Waals surface area (Å²) in [5.74, 6) is 0.981. The molecular formula is C18H20BrNO. The SMILES string of the molecule is Brc1cccc(CNc2ccc(OC3CCCC3)cc2)c1. The molecule has 1 fully saturated rings. The molecule has 3 heteroatoms. The third-order valence-electron chi connectivity index (χ3n) is 3.84. The highest BCUT2D eigenvalue weighted by molar-refractivity contribution is 9.10. The zero-order valence-corrected chi connectivity index (χ0v) is 13.6. The van der Waals surface area contributed by atoms with Gasteiger partial charge < -0.3 is 10.1 Å². The molecule has 110 valence electrons. The lowest BCUT2D eigenvalue weighted by Crippen LogP contribution is -2.10. The minimum atomic E-state index is 0.422. The van der Waals surface area contributed by atoms with Crippen LogP contribution in [0.15, 0.2) is 53.0 Å². The van der Waals surface area contributed by atoms with Crippen LogP contribution in [-0.2, 0) is 6.54 Å². The van der Waals surface area contributed by atoms with E-state index in [-0.39, 0.29) is 0 Å². The number of halogens is 1. The van der Waals surface area contributed by atoms with Crippen LogP contribution in [0.1, 0.15) is 31.2 Å². The second-order valence-electron chi connectivity index (χ2n) is 5.53. The van der Waals surface area contributed by atoms with Crippen molar-refractivity contribution in [1.29, 1.82) is 0 Å². The van der Waals surface area contributed by atoms with Gasteiger partial charge in [-0.1, -0.05) is 28.1 Å². The van der Waals surface area contributed by atoms with Crippen LogP contribution in [0.3, 0.4) is 0 Å². The van der Waals surface area contributed by atoms with Gasteiger partial charge in [-0.25, -0.2) is 0 Å². The van der Waals surface area contributed by atoms with E-state index in [0.717, 1.165) is 22.5 Å². The van der Waals surface area contributed by atoms with Gasteiger partial charge in [0.25, 0.3) is 0 Å². The first kappa shape index (κ1) is 14.5. The number of benzene rings is 2. The van der Waals surface area contributed by atoms with E-state index in [9.17, 15) is 0 Å². The number of hydrogen-bond donors (Lipinski definition) is 1. The van der Waals surface area contributed by atoms with Crippen LogP contribution < -0.4 is 10.1 Å². The zero-order valence-electron chi connectivity index (χ0n) is 12.0. The van der Waals surface area contributed by atoms with E-state index in [0.29, 0.717) is 6.10 Å². The standard InChI is InChI=1S/C18H20BrNO/c19-15-5-3-4-14(12-15)13-20-16-8-10-18(11-9-16)21-17-6-1-2-7-17/h3-5,8-12,17,20H,1-2,6-7,13H2. The summed E-state index contributed by atoms with van der Waals surface area (Å²) >= 11 is 3.50. The Morgan fingerprint density at radius 2 is 1.81 bits per heavy atom. The molecule has 2 aromatic carbocycles. The minimum absolute atomic E-state index is 0.422. The van der Waals surface area contributed by atoms with Gasteiger partial charge in [0, 0.05) is 16.7 Å². The summed E-state index contributed by atoms with van der Waals surface area (Å²) in [6.45, 7) is 0.822. The van der Waals surface area contributed by atoms with Crippen LogP contribution >= 0.6 is 15.9 Å². The topological polar surface area (TPSA) is 21.3 Å². The molecule has 1 saturated carbocycles.